The lowest BCUT2D eigenvalue weighted by molar-refractivity contribution is -0.141. The van der Waals surface area contributed by atoms with Crippen LogP contribution in [0.15, 0.2) is 29.8 Å². The third kappa shape index (κ3) is 3.01. The van der Waals surface area contributed by atoms with Crippen LogP contribution in [0.5, 0.6) is 0 Å². The van der Waals surface area contributed by atoms with Crippen LogP contribution >= 0.6 is 11.3 Å². The quantitative estimate of drug-likeness (QED) is 0.910. The highest BCUT2D eigenvalue weighted by atomic mass is 32.1. The number of hydrogen-bond donors (Lipinski definition) is 1. The maximum atomic E-state index is 12.3. The molecule has 0 unspecified atom stereocenters. The standard InChI is InChI=1S/C12H11F3N2S/c1-8-4-5-18-10(8)7-16-9-2-3-11(17-6-9)12(13,14)15/h2-6,16H,7H2,1H3. The van der Waals surface area contributed by atoms with E-state index in [2.05, 4.69) is 10.3 Å². The molecule has 0 saturated carbocycles. The Balaban J connectivity index is 2.01. The highest BCUT2D eigenvalue weighted by Gasteiger charge is 2.31. The van der Waals surface area contributed by atoms with Gasteiger partial charge in [0.2, 0.25) is 0 Å². The van der Waals surface area contributed by atoms with Crippen LogP contribution in [0.3, 0.4) is 0 Å². The number of nitrogens with one attached hydrogen (secondary N) is 1. The van der Waals surface area contributed by atoms with Gasteiger partial charge >= 0.3 is 6.18 Å². The van der Waals surface area contributed by atoms with Gasteiger partial charge in [-0.25, -0.2) is 4.98 Å². The molecule has 0 fully saturated rings. The van der Waals surface area contributed by atoms with Gasteiger partial charge in [-0.1, -0.05) is 0 Å². The summed E-state index contributed by atoms with van der Waals surface area (Å²) in [5.74, 6) is 0. The van der Waals surface area contributed by atoms with Crippen LogP contribution in [0.1, 0.15) is 16.1 Å². The second-order valence-electron chi connectivity index (χ2n) is 3.81. The van der Waals surface area contributed by atoms with Crippen LogP contribution < -0.4 is 5.32 Å². The van der Waals surface area contributed by atoms with Crippen LogP contribution in [-0.4, -0.2) is 4.98 Å². The summed E-state index contributed by atoms with van der Waals surface area (Å²) in [5, 5.41) is 5.03. The first-order valence-electron chi connectivity index (χ1n) is 5.27. The molecule has 0 aliphatic heterocycles. The zero-order valence-electron chi connectivity index (χ0n) is 9.58. The predicted molar refractivity (Wildman–Crippen MR) is 65.6 cm³/mol. The minimum Gasteiger partial charge on any atom is -0.379 e. The number of aromatic nitrogens is 1. The molecule has 2 heterocycles. The molecule has 0 bridgehead atoms. The highest BCUT2D eigenvalue weighted by Crippen LogP contribution is 2.28. The minimum atomic E-state index is -4.39. The Bertz CT molecular complexity index is 517. The lowest BCUT2D eigenvalue weighted by Crippen LogP contribution is -2.08. The molecule has 0 atom stereocenters. The van der Waals surface area contributed by atoms with Gasteiger partial charge in [0.1, 0.15) is 5.69 Å². The fourth-order valence-electron chi connectivity index (χ4n) is 1.43. The van der Waals surface area contributed by atoms with Crippen molar-refractivity contribution in [3.8, 4) is 0 Å². The third-order valence-corrected chi connectivity index (χ3v) is 3.50. The Hall–Kier alpha value is -1.56. The first-order valence-corrected chi connectivity index (χ1v) is 6.15. The van der Waals surface area contributed by atoms with E-state index in [9.17, 15) is 13.2 Å². The lowest BCUT2D eigenvalue weighted by Gasteiger charge is -2.08. The predicted octanol–water partition coefficient (Wildman–Crippen LogP) is 4.08. The summed E-state index contributed by atoms with van der Waals surface area (Å²) in [7, 11) is 0. The SMILES string of the molecule is Cc1ccsc1CNc1ccc(C(F)(F)F)nc1. The number of anilines is 1. The van der Waals surface area contributed by atoms with Crippen LogP contribution in [0.25, 0.3) is 0 Å². The van der Waals surface area contributed by atoms with Crippen molar-refractivity contribution < 1.29 is 13.2 Å². The zero-order valence-corrected chi connectivity index (χ0v) is 10.4. The number of nitrogens with zero attached hydrogens (tertiary/aromatic N) is 1. The summed E-state index contributed by atoms with van der Waals surface area (Å²) < 4.78 is 36.9. The number of halogens is 3. The number of alkyl halides is 3. The summed E-state index contributed by atoms with van der Waals surface area (Å²) in [5.41, 5.74) is 0.878. The van der Waals surface area contributed by atoms with Crippen LogP contribution in [0, 0.1) is 6.92 Å². The molecule has 0 spiro atoms. The van der Waals surface area contributed by atoms with Crippen molar-refractivity contribution in [1.29, 1.82) is 0 Å². The molecule has 0 aliphatic carbocycles. The van der Waals surface area contributed by atoms with E-state index in [4.69, 9.17) is 0 Å². The van der Waals surface area contributed by atoms with Crippen molar-refractivity contribution >= 4 is 17.0 Å². The summed E-state index contributed by atoms with van der Waals surface area (Å²) in [6.07, 6.45) is -3.19. The Kier molecular flexibility index (Phi) is 3.56. The van der Waals surface area contributed by atoms with E-state index in [0.717, 1.165) is 10.9 Å². The number of hydrogen-bond acceptors (Lipinski definition) is 3. The Morgan fingerprint density at radius 1 is 1.28 bits per heavy atom. The average Bonchev–Trinajstić information content (AvgIpc) is 2.72. The summed E-state index contributed by atoms with van der Waals surface area (Å²) in [6.45, 7) is 2.59. The van der Waals surface area contributed by atoms with Crippen molar-refractivity contribution in [2.45, 2.75) is 19.6 Å². The van der Waals surface area contributed by atoms with E-state index in [1.807, 2.05) is 18.4 Å². The molecule has 0 aliphatic rings. The van der Waals surface area contributed by atoms with E-state index in [-0.39, 0.29) is 0 Å². The molecule has 2 nitrogen and oxygen atoms in total. The van der Waals surface area contributed by atoms with Gasteiger partial charge in [0.15, 0.2) is 0 Å². The second-order valence-corrected chi connectivity index (χ2v) is 4.81. The molecule has 18 heavy (non-hydrogen) atoms. The van der Waals surface area contributed by atoms with Crippen molar-refractivity contribution in [2.75, 3.05) is 5.32 Å². The first kappa shape index (κ1) is 12.9. The maximum absolute atomic E-state index is 12.3. The summed E-state index contributed by atoms with van der Waals surface area (Å²) >= 11 is 1.61. The average molecular weight is 272 g/mol. The van der Waals surface area contributed by atoms with Crippen molar-refractivity contribution in [1.82, 2.24) is 4.98 Å². The fraction of sp³-hybridized carbons (Fsp3) is 0.250. The van der Waals surface area contributed by atoms with Crippen LogP contribution in [0.4, 0.5) is 18.9 Å². The molecule has 0 aromatic carbocycles. The zero-order chi connectivity index (χ0) is 13.2. The van der Waals surface area contributed by atoms with Gasteiger partial charge < -0.3 is 5.32 Å². The number of thiophene rings is 1. The topological polar surface area (TPSA) is 24.9 Å². The first-order chi connectivity index (χ1) is 8.47. The van der Waals surface area contributed by atoms with E-state index in [1.165, 1.54) is 17.8 Å². The van der Waals surface area contributed by atoms with Gasteiger partial charge in [0.25, 0.3) is 0 Å². The smallest absolute Gasteiger partial charge is 0.379 e. The normalized spacial score (nSPS) is 11.6. The lowest BCUT2D eigenvalue weighted by atomic mass is 10.3. The fourth-order valence-corrected chi connectivity index (χ4v) is 2.28. The van der Waals surface area contributed by atoms with Gasteiger partial charge in [0.05, 0.1) is 11.9 Å². The van der Waals surface area contributed by atoms with Crippen LogP contribution in [-0.2, 0) is 12.7 Å². The van der Waals surface area contributed by atoms with Gasteiger partial charge in [-0.3, -0.25) is 0 Å². The molecule has 0 radical (unpaired) electrons. The number of aryl methyl sites for hydroxylation is 1. The van der Waals surface area contributed by atoms with Gasteiger partial charge in [-0.15, -0.1) is 11.3 Å². The van der Waals surface area contributed by atoms with E-state index in [1.54, 1.807) is 11.3 Å². The molecule has 2 aromatic rings. The van der Waals surface area contributed by atoms with Gasteiger partial charge in [-0.05, 0) is 36.1 Å². The number of pyridine rings is 1. The second kappa shape index (κ2) is 4.97. The van der Waals surface area contributed by atoms with Gasteiger partial charge in [0, 0.05) is 11.4 Å². The number of rotatable bonds is 3. The minimum absolute atomic E-state index is 0.579. The van der Waals surface area contributed by atoms with Crippen molar-refractivity contribution in [3.05, 3.63) is 45.9 Å². The summed E-state index contributed by atoms with van der Waals surface area (Å²) in [4.78, 5) is 4.55. The highest BCUT2D eigenvalue weighted by molar-refractivity contribution is 7.10. The van der Waals surface area contributed by atoms with E-state index < -0.39 is 11.9 Å². The van der Waals surface area contributed by atoms with Crippen molar-refractivity contribution in [2.24, 2.45) is 0 Å². The Labute approximate surface area is 106 Å². The van der Waals surface area contributed by atoms with E-state index in [0.29, 0.717) is 12.2 Å². The summed E-state index contributed by atoms with van der Waals surface area (Å²) in [6, 6.07) is 4.37. The molecule has 2 aromatic heterocycles. The molecule has 0 amide bonds. The van der Waals surface area contributed by atoms with E-state index >= 15 is 0 Å². The maximum Gasteiger partial charge on any atom is 0.433 e. The molecule has 0 saturated heterocycles. The largest absolute Gasteiger partial charge is 0.433 e. The Morgan fingerprint density at radius 2 is 2.06 bits per heavy atom. The van der Waals surface area contributed by atoms with Crippen LogP contribution in [0.2, 0.25) is 0 Å². The third-order valence-electron chi connectivity index (χ3n) is 2.48. The molecule has 6 heteroatoms. The van der Waals surface area contributed by atoms with Crippen molar-refractivity contribution in [3.63, 3.8) is 0 Å². The Morgan fingerprint density at radius 3 is 2.56 bits per heavy atom. The molecule has 1 N–H and O–H groups in total. The molecular weight excluding hydrogens is 261 g/mol. The van der Waals surface area contributed by atoms with Gasteiger partial charge in [-0.2, -0.15) is 13.2 Å². The monoisotopic (exact) mass is 272 g/mol. The molecular formula is C12H11F3N2S. The molecule has 2 rings (SSSR count). The molecule has 96 valence electrons.